The molecule has 0 aromatic carbocycles. The zero-order valence-electron chi connectivity index (χ0n) is 11.3. The highest BCUT2D eigenvalue weighted by Gasteiger charge is 2.20. The molecule has 0 aliphatic carbocycles. The highest BCUT2D eigenvalue weighted by Crippen LogP contribution is 2.27. The maximum absolute atomic E-state index is 14.0. The van der Waals surface area contributed by atoms with Gasteiger partial charge in [0.15, 0.2) is 17.5 Å². The fourth-order valence-electron chi connectivity index (χ4n) is 2.68. The number of fused-ring (bicyclic) bond motifs is 1. The zero-order chi connectivity index (χ0) is 14.2. The molecule has 21 heavy (non-hydrogen) atoms. The molecule has 0 radical (unpaired) electrons. The van der Waals surface area contributed by atoms with Gasteiger partial charge in [0.25, 0.3) is 0 Å². The van der Waals surface area contributed by atoms with Gasteiger partial charge < -0.3 is 9.88 Å². The number of aromatic nitrogens is 5. The second-order valence-corrected chi connectivity index (χ2v) is 5.05. The average molecular weight is 284 g/mol. The first-order valence-corrected chi connectivity index (χ1v) is 6.88. The average Bonchev–Trinajstić information content (AvgIpc) is 3.17. The maximum Gasteiger partial charge on any atom is 0.183 e. The van der Waals surface area contributed by atoms with Crippen molar-refractivity contribution in [2.45, 2.75) is 12.8 Å². The highest BCUT2D eigenvalue weighted by molar-refractivity contribution is 5.90. The van der Waals surface area contributed by atoms with E-state index in [0.29, 0.717) is 11.6 Å². The van der Waals surface area contributed by atoms with Crippen LogP contribution in [0.2, 0.25) is 0 Å². The molecule has 0 bridgehead atoms. The van der Waals surface area contributed by atoms with E-state index in [1.165, 1.54) is 12.5 Å². The Morgan fingerprint density at radius 1 is 1.14 bits per heavy atom. The lowest BCUT2D eigenvalue weighted by Gasteiger charge is -2.17. The molecule has 1 aliphatic heterocycles. The summed E-state index contributed by atoms with van der Waals surface area (Å²) < 4.78 is 14.0. The van der Waals surface area contributed by atoms with Crippen molar-refractivity contribution in [3.63, 3.8) is 0 Å². The van der Waals surface area contributed by atoms with Crippen molar-refractivity contribution in [1.82, 2.24) is 24.9 Å². The van der Waals surface area contributed by atoms with E-state index in [1.807, 2.05) is 4.90 Å². The minimum Gasteiger partial charge on any atom is -0.354 e. The molecule has 0 saturated carbocycles. The Morgan fingerprint density at radius 3 is 2.86 bits per heavy atom. The van der Waals surface area contributed by atoms with Crippen LogP contribution in [-0.2, 0) is 0 Å². The van der Waals surface area contributed by atoms with Crippen LogP contribution in [-0.4, -0.2) is 38.0 Å². The molecule has 7 heteroatoms. The van der Waals surface area contributed by atoms with Gasteiger partial charge in [-0.25, -0.2) is 24.3 Å². The molecule has 1 fully saturated rings. The molecule has 0 amide bonds. The fraction of sp³-hybridized carbons (Fsp3) is 0.286. The van der Waals surface area contributed by atoms with Crippen LogP contribution in [0.15, 0.2) is 24.9 Å². The number of nitrogens with zero attached hydrogens (tertiary/aromatic N) is 5. The maximum atomic E-state index is 14.0. The van der Waals surface area contributed by atoms with Crippen molar-refractivity contribution in [2.75, 3.05) is 18.0 Å². The number of halogens is 1. The summed E-state index contributed by atoms with van der Waals surface area (Å²) in [5.74, 6) is 0.486. The summed E-state index contributed by atoms with van der Waals surface area (Å²) in [7, 11) is 0. The summed E-state index contributed by atoms with van der Waals surface area (Å²) >= 11 is 0. The van der Waals surface area contributed by atoms with Gasteiger partial charge in [0.05, 0.1) is 6.20 Å². The first kappa shape index (κ1) is 12.2. The molecule has 6 nitrogen and oxygen atoms in total. The van der Waals surface area contributed by atoms with Gasteiger partial charge >= 0.3 is 0 Å². The molecule has 0 spiro atoms. The Labute approximate surface area is 120 Å². The number of hydrogen-bond acceptors (Lipinski definition) is 5. The Bertz CT molecular complexity index is 793. The quantitative estimate of drug-likeness (QED) is 0.780. The van der Waals surface area contributed by atoms with E-state index in [1.54, 1.807) is 12.4 Å². The Hall–Kier alpha value is -2.57. The smallest absolute Gasteiger partial charge is 0.183 e. The summed E-state index contributed by atoms with van der Waals surface area (Å²) in [6.07, 6.45) is 8.33. The van der Waals surface area contributed by atoms with Gasteiger partial charge in [-0.1, -0.05) is 0 Å². The third-order valence-electron chi connectivity index (χ3n) is 3.73. The van der Waals surface area contributed by atoms with Crippen LogP contribution in [0, 0.1) is 5.82 Å². The van der Waals surface area contributed by atoms with Gasteiger partial charge in [-0.15, -0.1) is 0 Å². The van der Waals surface area contributed by atoms with E-state index in [4.69, 9.17) is 0 Å². The molecule has 106 valence electrons. The lowest BCUT2D eigenvalue weighted by atomic mass is 10.2. The fourth-order valence-corrected chi connectivity index (χ4v) is 2.68. The number of hydrogen-bond donors (Lipinski definition) is 1. The first-order valence-electron chi connectivity index (χ1n) is 6.88. The van der Waals surface area contributed by atoms with Gasteiger partial charge in [-0.3, -0.25) is 0 Å². The number of rotatable bonds is 2. The molecule has 4 heterocycles. The lowest BCUT2D eigenvalue weighted by Crippen LogP contribution is -2.21. The molecule has 3 aromatic rings. The van der Waals surface area contributed by atoms with Crippen LogP contribution >= 0.6 is 0 Å². The summed E-state index contributed by atoms with van der Waals surface area (Å²) in [6.45, 7) is 1.68. The number of nitrogens with one attached hydrogen (secondary N) is 1. The molecule has 0 unspecified atom stereocenters. The van der Waals surface area contributed by atoms with Crippen molar-refractivity contribution in [1.29, 1.82) is 0 Å². The van der Waals surface area contributed by atoms with Crippen LogP contribution < -0.4 is 4.90 Å². The summed E-state index contributed by atoms with van der Waals surface area (Å²) in [6, 6.07) is 0. The topological polar surface area (TPSA) is 70.6 Å². The van der Waals surface area contributed by atoms with Crippen LogP contribution in [0.4, 0.5) is 10.2 Å². The van der Waals surface area contributed by atoms with Gasteiger partial charge in [0, 0.05) is 36.4 Å². The highest BCUT2D eigenvalue weighted by atomic mass is 19.1. The van der Waals surface area contributed by atoms with Gasteiger partial charge in [0.1, 0.15) is 12.0 Å². The molecule has 1 N–H and O–H groups in total. The number of aromatic amines is 1. The molecule has 1 saturated heterocycles. The van der Waals surface area contributed by atoms with Gasteiger partial charge in [0.2, 0.25) is 0 Å². The predicted octanol–water partition coefficient (Wildman–Crippen LogP) is 2.15. The van der Waals surface area contributed by atoms with E-state index in [2.05, 4.69) is 24.9 Å². The van der Waals surface area contributed by atoms with Crippen LogP contribution in [0.1, 0.15) is 12.8 Å². The standard InChI is InChI=1S/C14H13FN6/c15-11-7-18-13(20-14(11)21-3-1-2-4-21)10-6-17-12-9(10)5-16-8-19-12/h5-8H,1-4H2,(H,16,17,19). The first-order chi connectivity index (χ1) is 10.3. The summed E-state index contributed by atoms with van der Waals surface area (Å²) in [5.41, 5.74) is 1.50. The predicted molar refractivity (Wildman–Crippen MR) is 76.3 cm³/mol. The Balaban J connectivity index is 1.83. The third-order valence-corrected chi connectivity index (χ3v) is 3.73. The number of H-pyrrole nitrogens is 1. The Morgan fingerprint density at radius 2 is 2.00 bits per heavy atom. The van der Waals surface area contributed by atoms with E-state index in [0.717, 1.165) is 42.5 Å². The van der Waals surface area contributed by atoms with Crippen molar-refractivity contribution < 1.29 is 4.39 Å². The summed E-state index contributed by atoms with van der Waals surface area (Å²) in [5, 5.41) is 0.830. The van der Waals surface area contributed by atoms with Gasteiger partial charge in [-0.05, 0) is 12.8 Å². The molecule has 1 aliphatic rings. The molecular formula is C14H13FN6. The van der Waals surface area contributed by atoms with Crippen LogP contribution in [0.25, 0.3) is 22.4 Å². The van der Waals surface area contributed by atoms with Crippen LogP contribution in [0.5, 0.6) is 0 Å². The summed E-state index contributed by atoms with van der Waals surface area (Å²) in [4.78, 5) is 21.7. The third kappa shape index (κ3) is 2.01. The molecule has 4 rings (SSSR count). The van der Waals surface area contributed by atoms with E-state index in [9.17, 15) is 4.39 Å². The van der Waals surface area contributed by atoms with Crippen molar-refractivity contribution in [2.24, 2.45) is 0 Å². The van der Waals surface area contributed by atoms with E-state index >= 15 is 0 Å². The van der Waals surface area contributed by atoms with Crippen molar-refractivity contribution >= 4 is 16.9 Å². The minimum absolute atomic E-state index is 0.378. The monoisotopic (exact) mass is 284 g/mol. The van der Waals surface area contributed by atoms with Crippen LogP contribution in [0.3, 0.4) is 0 Å². The zero-order valence-corrected chi connectivity index (χ0v) is 11.3. The molecule has 0 atom stereocenters. The molecule has 3 aromatic heterocycles. The second kappa shape index (κ2) is 4.76. The lowest BCUT2D eigenvalue weighted by molar-refractivity contribution is 0.609. The SMILES string of the molecule is Fc1cnc(-c2c[nH]c3ncncc23)nc1N1CCCC1. The van der Waals surface area contributed by atoms with E-state index < -0.39 is 0 Å². The minimum atomic E-state index is -0.378. The van der Waals surface area contributed by atoms with Crippen molar-refractivity contribution in [3.05, 3.63) is 30.7 Å². The van der Waals surface area contributed by atoms with E-state index in [-0.39, 0.29) is 5.82 Å². The Kier molecular flexibility index (Phi) is 2.77. The normalized spacial score (nSPS) is 15.0. The van der Waals surface area contributed by atoms with Crippen molar-refractivity contribution in [3.8, 4) is 11.4 Å². The van der Waals surface area contributed by atoms with Gasteiger partial charge in [-0.2, -0.15) is 0 Å². The largest absolute Gasteiger partial charge is 0.354 e. The molecular weight excluding hydrogens is 271 g/mol. The second-order valence-electron chi connectivity index (χ2n) is 5.05. The number of anilines is 1.